The van der Waals surface area contributed by atoms with Crippen molar-refractivity contribution in [3.05, 3.63) is 66.7 Å². The molecule has 0 amide bonds. The molecule has 2 heteroatoms. The summed E-state index contributed by atoms with van der Waals surface area (Å²) in [7, 11) is 0.366. The summed E-state index contributed by atoms with van der Waals surface area (Å²) < 4.78 is 5.99. The fourth-order valence-corrected chi connectivity index (χ4v) is 4.80. The Morgan fingerprint density at radius 3 is 1.92 bits per heavy atom. The summed E-state index contributed by atoms with van der Waals surface area (Å²) >= 11 is 0. The predicted octanol–water partition coefficient (Wildman–Crippen LogP) is 5.41. The van der Waals surface area contributed by atoms with Crippen LogP contribution in [-0.2, 0) is 4.43 Å². The number of hydrogen-bond acceptors (Lipinski definition) is 1. The third-order valence-electron chi connectivity index (χ3n) is 4.91. The molecule has 0 atom stereocenters. The second-order valence-corrected chi connectivity index (χ2v) is 7.85. The van der Waals surface area contributed by atoms with Crippen molar-refractivity contribution in [3.8, 4) is 0 Å². The van der Waals surface area contributed by atoms with E-state index in [0.29, 0.717) is 9.76 Å². The Balaban J connectivity index is 2.03. The van der Waals surface area contributed by atoms with E-state index in [1.165, 1.54) is 48.3 Å². The van der Waals surface area contributed by atoms with E-state index in [1.807, 2.05) is 0 Å². The first kappa shape index (κ1) is 14.9. The summed E-state index contributed by atoms with van der Waals surface area (Å²) in [5.41, 5.74) is 0. The van der Waals surface area contributed by atoms with Gasteiger partial charge in [-0.1, -0.05) is 66.7 Å². The molecule has 0 saturated carbocycles. The van der Waals surface area contributed by atoms with Gasteiger partial charge in [-0.25, -0.2) is 0 Å². The Bertz CT molecular complexity index is 1220. The van der Waals surface area contributed by atoms with Crippen molar-refractivity contribution in [1.29, 1.82) is 0 Å². The lowest BCUT2D eigenvalue weighted by Gasteiger charge is -2.17. The molecule has 0 bridgehead atoms. The SMILES string of the molecule is CC(C)O[Si]c1ccc2cccc3c4cccc5cccc(c1c23)c54. The molecule has 5 aromatic carbocycles. The first-order valence-corrected chi connectivity index (χ1v) is 9.65. The van der Waals surface area contributed by atoms with E-state index in [2.05, 4.69) is 80.6 Å². The minimum Gasteiger partial charge on any atom is -0.409 e. The van der Waals surface area contributed by atoms with Gasteiger partial charge in [0.15, 0.2) is 0 Å². The Labute approximate surface area is 149 Å². The summed E-state index contributed by atoms with van der Waals surface area (Å²) in [4.78, 5) is 0. The monoisotopic (exact) mass is 338 g/mol. The minimum absolute atomic E-state index is 0.239. The smallest absolute Gasteiger partial charge is 0.269 e. The van der Waals surface area contributed by atoms with Crippen LogP contribution in [0.3, 0.4) is 0 Å². The van der Waals surface area contributed by atoms with E-state index in [-0.39, 0.29) is 6.10 Å². The molecule has 0 fully saturated rings. The van der Waals surface area contributed by atoms with Crippen LogP contribution in [0.25, 0.3) is 43.1 Å². The molecule has 0 heterocycles. The summed E-state index contributed by atoms with van der Waals surface area (Å²) in [6.45, 7) is 4.20. The molecule has 0 aromatic heterocycles. The van der Waals surface area contributed by atoms with Gasteiger partial charge < -0.3 is 4.43 Å². The van der Waals surface area contributed by atoms with Gasteiger partial charge in [-0.15, -0.1) is 0 Å². The van der Waals surface area contributed by atoms with Crippen molar-refractivity contribution in [2.45, 2.75) is 20.0 Å². The van der Waals surface area contributed by atoms with Gasteiger partial charge in [0.25, 0.3) is 9.76 Å². The fourth-order valence-electron chi connectivity index (χ4n) is 3.92. The molecular formula is C23H18OSi. The van der Waals surface area contributed by atoms with Crippen LogP contribution in [0.5, 0.6) is 0 Å². The zero-order valence-electron chi connectivity index (χ0n) is 14.3. The van der Waals surface area contributed by atoms with Gasteiger partial charge in [-0.05, 0) is 62.1 Å². The van der Waals surface area contributed by atoms with Crippen molar-refractivity contribution in [3.63, 3.8) is 0 Å². The lowest BCUT2D eigenvalue weighted by Crippen LogP contribution is -2.22. The van der Waals surface area contributed by atoms with Crippen LogP contribution in [0, 0.1) is 0 Å². The minimum atomic E-state index is 0.239. The summed E-state index contributed by atoms with van der Waals surface area (Å²) in [6, 6.07) is 24.4. The van der Waals surface area contributed by atoms with Crippen LogP contribution in [0.1, 0.15) is 13.8 Å². The molecule has 2 radical (unpaired) electrons. The molecule has 25 heavy (non-hydrogen) atoms. The molecule has 0 aliphatic carbocycles. The maximum atomic E-state index is 5.99. The quantitative estimate of drug-likeness (QED) is 0.243. The lowest BCUT2D eigenvalue weighted by molar-refractivity contribution is 0.260. The maximum absolute atomic E-state index is 5.99. The van der Waals surface area contributed by atoms with Gasteiger partial charge in [-0.2, -0.15) is 0 Å². The topological polar surface area (TPSA) is 9.23 Å². The van der Waals surface area contributed by atoms with E-state index >= 15 is 0 Å². The first-order chi connectivity index (χ1) is 12.2. The normalized spacial score (nSPS) is 12.3. The lowest BCUT2D eigenvalue weighted by atomic mass is 9.90. The van der Waals surface area contributed by atoms with E-state index in [4.69, 9.17) is 4.43 Å². The van der Waals surface area contributed by atoms with Crippen LogP contribution in [0.2, 0.25) is 0 Å². The Morgan fingerprint density at radius 1 is 0.640 bits per heavy atom. The molecule has 0 unspecified atom stereocenters. The Kier molecular flexibility index (Phi) is 3.30. The standard InChI is InChI=1S/C23H18OSi/c1-14(2)24-25-20-13-12-16-8-4-10-18-17-9-3-6-15-7-5-11-19(21(15)17)23(20)22(16)18/h3-14H,1-2H3. The molecule has 5 rings (SSSR count). The highest BCUT2D eigenvalue weighted by Crippen LogP contribution is 2.39. The van der Waals surface area contributed by atoms with E-state index in [1.54, 1.807) is 0 Å². The Morgan fingerprint density at radius 2 is 1.24 bits per heavy atom. The second kappa shape index (κ2) is 5.55. The van der Waals surface area contributed by atoms with Gasteiger partial charge in [0.05, 0.1) is 0 Å². The average Bonchev–Trinajstić information content (AvgIpc) is 2.64. The highest BCUT2D eigenvalue weighted by Gasteiger charge is 2.16. The summed E-state index contributed by atoms with van der Waals surface area (Å²) in [5.74, 6) is 0. The van der Waals surface area contributed by atoms with Gasteiger partial charge >= 0.3 is 0 Å². The molecule has 5 aromatic rings. The Hall–Kier alpha value is -2.42. The van der Waals surface area contributed by atoms with Crippen molar-refractivity contribution in [1.82, 2.24) is 0 Å². The predicted molar refractivity (Wildman–Crippen MR) is 109 cm³/mol. The molecule has 0 N–H and O–H groups in total. The van der Waals surface area contributed by atoms with E-state index in [0.717, 1.165) is 0 Å². The zero-order valence-corrected chi connectivity index (χ0v) is 15.3. The maximum Gasteiger partial charge on any atom is 0.269 e. The summed E-state index contributed by atoms with van der Waals surface area (Å²) in [6.07, 6.45) is 0.239. The van der Waals surface area contributed by atoms with Crippen molar-refractivity contribution in [2.24, 2.45) is 0 Å². The number of fused-ring (bicyclic) bond motifs is 2. The van der Waals surface area contributed by atoms with Crippen molar-refractivity contribution >= 4 is 58.0 Å². The highest BCUT2D eigenvalue weighted by atomic mass is 28.2. The molecule has 0 aliphatic heterocycles. The van der Waals surface area contributed by atoms with Crippen LogP contribution in [0.15, 0.2) is 66.7 Å². The van der Waals surface area contributed by atoms with Crippen molar-refractivity contribution in [2.75, 3.05) is 0 Å². The number of benzene rings is 5. The van der Waals surface area contributed by atoms with E-state index in [9.17, 15) is 0 Å². The van der Waals surface area contributed by atoms with Crippen LogP contribution in [-0.4, -0.2) is 15.9 Å². The van der Waals surface area contributed by atoms with Gasteiger partial charge in [0, 0.05) is 6.10 Å². The van der Waals surface area contributed by atoms with Crippen LogP contribution < -0.4 is 5.19 Å². The molecular weight excluding hydrogens is 320 g/mol. The molecule has 120 valence electrons. The third-order valence-corrected chi connectivity index (χ3v) is 6.14. The van der Waals surface area contributed by atoms with Gasteiger partial charge in [0.1, 0.15) is 0 Å². The van der Waals surface area contributed by atoms with Gasteiger partial charge in [-0.3, -0.25) is 0 Å². The molecule has 1 nitrogen and oxygen atoms in total. The van der Waals surface area contributed by atoms with Crippen LogP contribution in [0.4, 0.5) is 0 Å². The van der Waals surface area contributed by atoms with Gasteiger partial charge in [0.2, 0.25) is 0 Å². The largest absolute Gasteiger partial charge is 0.409 e. The second-order valence-electron chi connectivity index (χ2n) is 6.87. The third kappa shape index (κ3) is 2.18. The number of hydrogen-bond donors (Lipinski definition) is 0. The fraction of sp³-hybridized carbons (Fsp3) is 0.130. The number of rotatable bonds is 3. The summed E-state index contributed by atoms with van der Waals surface area (Å²) in [5, 5.41) is 12.0. The average molecular weight is 338 g/mol. The van der Waals surface area contributed by atoms with Crippen molar-refractivity contribution < 1.29 is 4.43 Å². The molecule has 0 saturated heterocycles. The molecule has 0 spiro atoms. The first-order valence-electron chi connectivity index (χ1n) is 8.74. The zero-order chi connectivity index (χ0) is 17.0. The highest BCUT2D eigenvalue weighted by molar-refractivity contribution is 6.55. The van der Waals surface area contributed by atoms with Crippen LogP contribution >= 0.6 is 0 Å². The van der Waals surface area contributed by atoms with E-state index < -0.39 is 0 Å². The molecule has 0 aliphatic rings.